The summed E-state index contributed by atoms with van der Waals surface area (Å²) in [6.45, 7) is 2.36. The molecule has 122 valence electrons. The molecule has 2 saturated heterocycles. The second kappa shape index (κ2) is 3.60. The van der Waals surface area contributed by atoms with E-state index in [4.69, 9.17) is 4.74 Å². The van der Waals surface area contributed by atoms with Gasteiger partial charge in [-0.15, -0.1) is 0 Å². The maximum atomic E-state index is 10.5. The van der Waals surface area contributed by atoms with Crippen molar-refractivity contribution in [2.75, 3.05) is 0 Å². The minimum absolute atomic E-state index is 0.0694. The molecule has 0 unspecified atom stereocenters. The van der Waals surface area contributed by atoms with E-state index in [1.54, 1.807) is 0 Å². The van der Waals surface area contributed by atoms with Gasteiger partial charge in [-0.1, -0.05) is 6.92 Å². The number of fused-ring (bicyclic) bond motifs is 3. The number of hydrogen-bond donors (Lipinski definition) is 2. The van der Waals surface area contributed by atoms with Crippen molar-refractivity contribution in [2.45, 2.75) is 76.3 Å². The average molecular weight is 304 g/mol. The molecule has 1 spiro atoms. The van der Waals surface area contributed by atoms with E-state index < -0.39 is 5.79 Å². The van der Waals surface area contributed by atoms with Gasteiger partial charge in [-0.05, 0) is 73.5 Å². The van der Waals surface area contributed by atoms with Crippen LogP contribution in [0.4, 0.5) is 0 Å². The number of hydrogen-bond acceptors (Lipinski definition) is 3. The van der Waals surface area contributed by atoms with Crippen molar-refractivity contribution in [3.05, 3.63) is 0 Å². The molecule has 0 aromatic carbocycles. The topological polar surface area (TPSA) is 49.7 Å². The molecule has 2 heterocycles. The largest absolute Gasteiger partial charge is 0.393 e. The summed E-state index contributed by atoms with van der Waals surface area (Å²) < 4.78 is 6.09. The van der Waals surface area contributed by atoms with Crippen LogP contribution in [0.25, 0.3) is 0 Å². The zero-order chi connectivity index (χ0) is 14.9. The SMILES string of the molecule is C[C@]12CC[C@H]3[C@@H](CC[C@H]4C[C@@]5(O)C[C@H]6[C@H](O5)[C@]436)[C@@H]1CC[C@@H]2O. The molecule has 5 aliphatic carbocycles. The van der Waals surface area contributed by atoms with Crippen LogP contribution in [0.1, 0.15) is 58.3 Å². The zero-order valence-electron chi connectivity index (χ0n) is 13.5. The molecule has 7 rings (SSSR count). The quantitative estimate of drug-likeness (QED) is 0.723. The van der Waals surface area contributed by atoms with Crippen molar-refractivity contribution in [1.82, 2.24) is 0 Å². The summed E-state index contributed by atoms with van der Waals surface area (Å²) in [5.74, 6) is 2.97. The molecule has 5 saturated carbocycles. The average Bonchev–Trinajstić information content (AvgIpc) is 2.80. The molecular formula is C19H28O3. The van der Waals surface area contributed by atoms with Gasteiger partial charge in [-0.3, -0.25) is 0 Å². The molecule has 2 N–H and O–H groups in total. The maximum Gasteiger partial charge on any atom is 0.166 e. The van der Waals surface area contributed by atoms with Gasteiger partial charge in [0, 0.05) is 18.3 Å². The first-order chi connectivity index (χ1) is 10.5. The fourth-order valence-corrected chi connectivity index (χ4v) is 8.61. The van der Waals surface area contributed by atoms with E-state index in [0.29, 0.717) is 23.4 Å². The fourth-order valence-electron chi connectivity index (χ4n) is 8.61. The van der Waals surface area contributed by atoms with Crippen molar-refractivity contribution in [1.29, 1.82) is 0 Å². The Balaban J connectivity index is 1.38. The molecule has 2 aliphatic heterocycles. The third-order valence-corrected chi connectivity index (χ3v) is 9.43. The lowest BCUT2D eigenvalue weighted by atomic mass is 9.48. The van der Waals surface area contributed by atoms with E-state index in [2.05, 4.69) is 6.92 Å². The number of rotatable bonds is 0. The minimum atomic E-state index is -0.763. The summed E-state index contributed by atoms with van der Waals surface area (Å²) in [4.78, 5) is 0. The van der Waals surface area contributed by atoms with Crippen LogP contribution in [0.3, 0.4) is 0 Å². The fraction of sp³-hybridized carbons (Fsp3) is 1.00. The molecule has 0 radical (unpaired) electrons. The Morgan fingerprint density at radius 3 is 2.59 bits per heavy atom. The second-order valence-electron chi connectivity index (χ2n) is 9.79. The molecule has 3 nitrogen and oxygen atoms in total. The summed E-state index contributed by atoms with van der Waals surface area (Å²) in [7, 11) is 0. The predicted molar refractivity (Wildman–Crippen MR) is 80.8 cm³/mol. The molecule has 10 atom stereocenters. The maximum absolute atomic E-state index is 10.5. The van der Waals surface area contributed by atoms with Crippen LogP contribution in [-0.4, -0.2) is 28.2 Å². The third kappa shape index (κ3) is 1.20. The van der Waals surface area contributed by atoms with E-state index in [1.165, 1.54) is 32.1 Å². The summed E-state index contributed by atoms with van der Waals surface area (Å²) in [5, 5.41) is 21.1. The highest BCUT2D eigenvalue weighted by atomic mass is 16.6. The molecule has 4 bridgehead atoms. The van der Waals surface area contributed by atoms with Gasteiger partial charge in [0.05, 0.1) is 12.2 Å². The number of ether oxygens (including phenoxy) is 1. The first kappa shape index (κ1) is 13.2. The van der Waals surface area contributed by atoms with Crippen molar-refractivity contribution < 1.29 is 14.9 Å². The van der Waals surface area contributed by atoms with Crippen LogP contribution >= 0.6 is 0 Å². The zero-order valence-corrected chi connectivity index (χ0v) is 13.5. The molecule has 3 heteroatoms. The van der Waals surface area contributed by atoms with Gasteiger partial charge in [0.15, 0.2) is 5.79 Å². The molecule has 7 fully saturated rings. The number of aliphatic hydroxyl groups excluding tert-OH is 1. The molecule has 0 aromatic heterocycles. The number of aliphatic hydroxyl groups is 2. The molecule has 0 aromatic rings. The molecule has 0 amide bonds. The van der Waals surface area contributed by atoms with Gasteiger partial charge < -0.3 is 14.9 Å². The predicted octanol–water partition coefficient (Wildman–Crippen LogP) is 2.70. The van der Waals surface area contributed by atoms with E-state index >= 15 is 0 Å². The highest BCUT2D eigenvalue weighted by Gasteiger charge is 2.83. The Kier molecular flexibility index (Phi) is 2.16. The van der Waals surface area contributed by atoms with E-state index in [1.807, 2.05) is 0 Å². The van der Waals surface area contributed by atoms with Crippen molar-refractivity contribution >= 4 is 0 Å². The summed E-state index contributed by atoms with van der Waals surface area (Å²) in [6.07, 6.45) is 9.49. The Hall–Kier alpha value is -0.120. The standard InChI is InChI=1S/C19H28O3/c1-17-7-6-13-11(12(17)4-5-15(17)20)3-2-10-8-18(21)9-14-16(22-18)19(10,13)14/h10-16,20-21H,2-9H2,1H3/t10-,11-,12-,13-,14-,15-,16-,17-,18-,19+/m0/s1. The van der Waals surface area contributed by atoms with Gasteiger partial charge >= 0.3 is 0 Å². The van der Waals surface area contributed by atoms with Crippen LogP contribution in [0.15, 0.2) is 0 Å². The Labute approximate surface area is 132 Å². The highest BCUT2D eigenvalue weighted by molar-refractivity contribution is 5.29. The van der Waals surface area contributed by atoms with E-state index in [-0.39, 0.29) is 11.5 Å². The second-order valence-corrected chi connectivity index (χ2v) is 9.79. The van der Waals surface area contributed by atoms with Crippen molar-refractivity contribution in [2.24, 2.45) is 40.4 Å². The monoisotopic (exact) mass is 304 g/mol. The van der Waals surface area contributed by atoms with Crippen molar-refractivity contribution in [3.8, 4) is 0 Å². The van der Waals surface area contributed by atoms with Gasteiger partial charge in [-0.2, -0.15) is 0 Å². The smallest absolute Gasteiger partial charge is 0.166 e. The Morgan fingerprint density at radius 2 is 1.82 bits per heavy atom. The van der Waals surface area contributed by atoms with Gasteiger partial charge in [0.2, 0.25) is 0 Å². The molecule has 22 heavy (non-hydrogen) atoms. The summed E-state index contributed by atoms with van der Waals surface area (Å²) in [6, 6.07) is 0. The lowest BCUT2D eigenvalue weighted by Gasteiger charge is -2.58. The first-order valence-corrected chi connectivity index (χ1v) is 9.57. The van der Waals surface area contributed by atoms with Gasteiger partial charge in [0.25, 0.3) is 0 Å². The van der Waals surface area contributed by atoms with Crippen LogP contribution in [-0.2, 0) is 4.74 Å². The minimum Gasteiger partial charge on any atom is -0.393 e. The van der Waals surface area contributed by atoms with Crippen LogP contribution in [0.2, 0.25) is 0 Å². The molecule has 7 aliphatic rings. The lowest BCUT2D eigenvalue weighted by molar-refractivity contribution is -0.270. The van der Waals surface area contributed by atoms with E-state index in [9.17, 15) is 10.2 Å². The normalized spacial score (nSPS) is 70.8. The lowest BCUT2D eigenvalue weighted by Crippen LogP contribution is -2.56. The van der Waals surface area contributed by atoms with Crippen LogP contribution < -0.4 is 0 Å². The van der Waals surface area contributed by atoms with Crippen molar-refractivity contribution in [3.63, 3.8) is 0 Å². The van der Waals surface area contributed by atoms with Gasteiger partial charge in [0.1, 0.15) is 0 Å². The first-order valence-electron chi connectivity index (χ1n) is 9.57. The Morgan fingerprint density at radius 1 is 0.955 bits per heavy atom. The summed E-state index contributed by atoms with van der Waals surface area (Å²) in [5.41, 5.74) is 0.618. The third-order valence-electron chi connectivity index (χ3n) is 9.43. The Bertz CT molecular complexity index is 533. The van der Waals surface area contributed by atoms with Gasteiger partial charge in [-0.25, -0.2) is 0 Å². The van der Waals surface area contributed by atoms with E-state index in [0.717, 1.165) is 37.0 Å². The highest BCUT2D eigenvalue weighted by Crippen LogP contribution is 2.82. The summed E-state index contributed by atoms with van der Waals surface area (Å²) >= 11 is 0. The molecular weight excluding hydrogens is 276 g/mol. The van der Waals surface area contributed by atoms with Crippen LogP contribution in [0, 0.1) is 40.4 Å². The van der Waals surface area contributed by atoms with Crippen LogP contribution in [0.5, 0.6) is 0 Å².